The zero-order valence-electron chi connectivity index (χ0n) is 13.4. The Morgan fingerprint density at radius 2 is 1.96 bits per heavy atom. The molecule has 1 aliphatic rings. The van der Waals surface area contributed by atoms with E-state index < -0.39 is 43.2 Å². The molecule has 26 heavy (non-hydrogen) atoms. The third-order valence-electron chi connectivity index (χ3n) is 3.99. The van der Waals surface area contributed by atoms with E-state index in [-0.39, 0.29) is 6.42 Å². The summed E-state index contributed by atoms with van der Waals surface area (Å²) in [6, 6.07) is 5.74. The van der Waals surface area contributed by atoms with Gasteiger partial charge in [0, 0.05) is 23.5 Å². The Morgan fingerprint density at radius 3 is 2.69 bits per heavy atom. The van der Waals surface area contributed by atoms with Crippen LogP contribution in [0.1, 0.15) is 5.56 Å². The Hall–Kier alpha value is -3.04. The van der Waals surface area contributed by atoms with Gasteiger partial charge < -0.3 is 15.6 Å². The van der Waals surface area contributed by atoms with E-state index >= 15 is 0 Å². The number of nitrogens with one attached hydrogen (secondary N) is 3. The number of rotatable bonds is 5. The van der Waals surface area contributed by atoms with Gasteiger partial charge in [-0.25, -0.2) is 4.79 Å². The van der Waals surface area contributed by atoms with Crippen LogP contribution in [0.4, 0.5) is 18.0 Å². The van der Waals surface area contributed by atoms with Gasteiger partial charge in [0.25, 0.3) is 5.91 Å². The number of carbonyl (C=O) groups is 3. The van der Waals surface area contributed by atoms with Crippen LogP contribution in [0.15, 0.2) is 30.5 Å². The summed E-state index contributed by atoms with van der Waals surface area (Å²) < 4.78 is 36.3. The summed E-state index contributed by atoms with van der Waals surface area (Å²) in [5, 5.41) is 4.99. The average Bonchev–Trinajstić information content (AvgIpc) is 3.09. The molecule has 138 valence electrons. The lowest BCUT2D eigenvalue weighted by Gasteiger charge is -2.13. The number of aromatic nitrogens is 1. The fraction of sp³-hybridized carbons (Fsp3) is 0.312. The SMILES string of the molecule is O=C(CN1C(=O)N[C@@H](Cc2c[nH]c3ccccc23)C1=O)NCC(F)(F)F. The molecule has 1 aliphatic heterocycles. The highest BCUT2D eigenvalue weighted by molar-refractivity contribution is 6.06. The largest absolute Gasteiger partial charge is 0.405 e. The minimum atomic E-state index is -4.56. The number of para-hydroxylation sites is 1. The number of alkyl halides is 3. The van der Waals surface area contributed by atoms with Crippen LogP contribution < -0.4 is 10.6 Å². The maximum Gasteiger partial charge on any atom is 0.405 e. The molecule has 4 amide bonds. The number of halogens is 3. The maximum absolute atomic E-state index is 12.3. The molecule has 1 aromatic carbocycles. The van der Waals surface area contributed by atoms with Crippen molar-refractivity contribution in [2.45, 2.75) is 18.6 Å². The number of amides is 4. The van der Waals surface area contributed by atoms with Gasteiger partial charge in [0.05, 0.1) is 0 Å². The van der Waals surface area contributed by atoms with Crippen LogP contribution >= 0.6 is 0 Å². The van der Waals surface area contributed by atoms with Crippen molar-refractivity contribution in [2.24, 2.45) is 0 Å². The van der Waals surface area contributed by atoms with E-state index in [2.05, 4.69) is 10.3 Å². The number of carbonyl (C=O) groups excluding carboxylic acids is 3. The molecule has 0 saturated carbocycles. The molecule has 1 atom stereocenters. The van der Waals surface area contributed by atoms with Crippen LogP contribution in [-0.4, -0.2) is 53.0 Å². The van der Waals surface area contributed by atoms with Crippen LogP contribution in [0.2, 0.25) is 0 Å². The summed E-state index contributed by atoms with van der Waals surface area (Å²) in [7, 11) is 0. The van der Waals surface area contributed by atoms with Crippen LogP contribution in [0.25, 0.3) is 10.9 Å². The number of hydrogen-bond donors (Lipinski definition) is 3. The smallest absolute Gasteiger partial charge is 0.361 e. The predicted octanol–water partition coefficient (Wildman–Crippen LogP) is 1.31. The predicted molar refractivity (Wildman–Crippen MR) is 85.1 cm³/mol. The number of H-pyrrole nitrogens is 1. The lowest BCUT2D eigenvalue weighted by Crippen LogP contribution is -2.43. The number of urea groups is 1. The third-order valence-corrected chi connectivity index (χ3v) is 3.99. The molecule has 3 N–H and O–H groups in total. The van der Waals surface area contributed by atoms with Crippen molar-refractivity contribution >= 4 is 28.7 Å². The van der Waals surface area contributed by atoms with E-state index in [1.165, 1.54) is 0 Å². The first-order valence-corrected chi connectivity index (χ1v) is 7.75. The third kappa shape index (κ3) is 3.79. The Balaban J connectivity index is 1.64. The molecule has 1 saturated heterocycles. The molecule has 0 bridgehead atoms. The van der Waals surface area contributed by atoms with Gasteiger partial charge in [0.15, 0.2) is 0 Å². The summed E-state index contributed by atoms with van der Waals surface area (Å²) in [6.07, 6.45) is -2.64. The minimum Gasteiger partial charge on any atom is -0.361 e. The van der Waals surface area contributed by atoms with Crippen LogP contribution in [0.3, 0.4) is 0 Å². The van der Waals surface area contributed by atoms with E-state index in [1.54, 1.807) is 11.5 Å². The highest BCUT2D eigenvalue weighted by atomic mass is 19.4. The van der Waals surface area contributed by atoms with E-state index in [0.29, 0.717) is 4.90 Å². The average molecular weight is 368 g/mol. The molecule has 2 heterocycles. The molecule has 0 spiro atoms. The van der Waals surface area contributed by atoms with Crippen molar-refractivity contribution in [3.05, 3.63) is 36.0 Å². The van der Waals surface area contributed by atoms with Gasteiger partial charge in [0.1, 0.15) is 19.1 Å². The van der Waals surface area contributed by atoms with Crippen molar-refractivity contribution in [2.75, 3.05) is 13.1 Å². The quantitative estimate of drug-likeness (QED) is 0.695. The van der Waals surface area contributed by atoms with Crippen molar-refractivity contribution in [3.63, 3.8) is 0 Å². The first kappa shape index (κ1) is 17.8. The summed E-state index contributed by atoms with van der Waals surface area (Å²) >= 11 is 0. The topological polar surface area (TPSA) is 94.3 Å². The summed E-state index contributed by atoms with van der Waals surface area (Å²) in [6.45, 7) is -2.28. The molecular weight excluding hydrogens is 353 g/mol. The number of nitrogens with zero attached hydrogens (tertiary/aromatic N) is 1. The Bertz CT molecular complexity index is 862. The lowest BCUT2D eigenvalue weighted by molar-refractivity contribution is -0.140. The van der Waals surface area contributed by atoms with E-state index in [0.717, 1.165) is 16.5 Å². The molecular formula is C16H15F3N4O3. The van der Waals surface area contributed by atoms with Crippen LogP contribution in [0, 0.1) is 0 Å². The van der Waals surface area contributed by atoms with E-state index in [9.17, 15) is 27.6 Å². The number of hydrogen-bond acceptors (Lipinski definition) is 3. The van der Waals surface area contributed by atoms with E-state index in [1.807, 2.05) is 24.3 Å². The van der Waals surface area contributed by atoms with Gasteiger partial charge in [-0.05, 0) is 11.6 Å². The highest BCUT2D eigenvalue weighted by Crippen LogP contribution is 2.21. The number of imide groups is 1. The van der Waals surface area contributed by atoms with Crippen LogP contribution in [-0.2, 0) is 16.0 Å². The van der Waals surface area contributed by atoms with Gasteiger partial charge >= 0.3 is 12.2 Å². The summed E-state index contributed by atoms with van der Waals surface area (Å²) in [4.78, 5) is 39.5. The monoisotopic (exact) mass is 368 g/mol. The standard InChI is InChI=1S/C16H15F3N4O3/c17-16(18,19)8-21-13(24)7-23-14(25)12(22-15(23)26)5-9-6-20-11-4-2-1-3-10(9)11/h1-4,6,12,20H,5,7-8H2,(H,21,24)(H,22,26)/t12-/m0/s1. The first-order valence-electron chi connectivity index (χ1n) is 7.75. The first-order chi connectivity index (χ1) is 12.2. The second kappa shape index (κ2) is 6.70. The lowest BCUT2D eigenvalue weighted by atomic mass is 10.1. The second-order valence-electron chi connectivity index (χ2n) is 5.88. The number of aromatic amines is 1. The molecule has 10 heteroatoms. The molecule has 0 radical (unpaired) electrons. The number of fused-ring (bicyclic) bond motifs is 1. The minimum absolute atomic E-state index is 0.204. The molecule has 2 aromatic rings. The zero-order chi connectivity index (χ0) is 18.9. The summed E-state index contributed by atoms with van der Waals surface area (Å²) in [5.41, 5.74) is 1.69. The maximum atomic E-state index is 12.3. The molecule has 3 rings (SSSR count). The van der Waals surface area contributed by atoms with Crippen molar-refractivity contribution in [1.29, 1.82) is 0 Å². The Morgan fingerprint density at radius 1 is 1.23 bits per heavy atom. The van der Waals surface area contributed by atoms with Gasteiger partial charge in [-0.15, -0.1) is 0 Å². The molecule has 7 nitrogen and oxygen atoms in total. The molecule has 0 aliphatic carbocycles. The molecule has 0 unspecified atom stereocenters. The normalized spacial score (nSPS) is 17.7. The van der Waals surface area contributed by atoms with Gasteiger partial charge in [-0.2, -0.15) is 13.2 Å². The van der Waals surface area contributed by atoms with Gasteiger partial charge in [0.2, 0.25) is 5.91 Å². The fourth-order valence-corrected chi connectivity index (χ4v) is 2.78. The Labute approximate surface area is 145 Å². The number of benzene rings is 1. The Kier molecular flexibility index (Phi) is 4.58. The van der Waals surface area contributed by atoms with Crippen LogP contribution in [0.5, 0.6) is 0 Å². The van der Waals surface area contributed by atoms with E-state index in [4.69, 9.17) is 0 Å². The second-order valence-corrected chi connectivity index (χ2v) is 5.88. The van der Waals surface area contributed by atoms with Gasteiger partial charge in [-0.3, -0.25) is 14.5 Å². The molecule has 1 aromatic heterocycles. The molecule has 1 fully saturated rings. The van der Waals surface area contributed by atoms with Crippen molar-refractivity contribution in [1.82, 2.24) is 20.5 Å². The highest BCUT2D eigenvalue weighted by Gasteiger charge is 2.39. The van der Waals surface area contributed by atoms with Gasteiger partial charge in [-0.1, -0.05) is 18.2 Å². The van der Waals surface area contributed by atoms with Crippen molar-refractivity contribution < 1.29 is 27.6 Å². The fourth-order valence-electron chi connectivity index (χ4n) is 2.78. The zero-order valence-corrected chi connectivity index (χ0v) is 13.4. The van der Waals surface area contributed by atoms with Crippen molar-refractivity contribution in [3.8, 4) is 0 Å². The summed E-state index contributed by atoms with van der Waals surface area (Å²) in [5.74, 6) is -1.71.